The summed E-state index contributed by atoms with van der Waals surface area (Å²) in [5, 5.41) is 7.02. The second-order valence-corrected chi connectivity index (χ2v) is 6.16. The van der Waals surface area contributed by atoms with Gasteiger partial charge < -0.3 is 19.9 Å². The highest BCUT2D eigenvalue weighted by molar-refractivity contribution is 5.74. The second-order valence-electron chi connectivity index (χ2n) is 6.16. The van der Waals surface area contributed by atoms with Gasteiger partial charge in [0.2, 0.25) is 5.95 Å². The third-order valence-electron chi connectivity index (χ3n) is 3.95. The number of anilines is 1. The Morgan fingerprint density at radius 1 is 1.48 bits per heavy atom. The van der Waals surface area contributed by atoms with E-state index >= 15 is 0 Å². The van der Waals surface area contributed by atoms with Crippen molar-refractivity contribution >= 4 is 12.0 Å². The SMILES string of the molecule is CN(C)c1nccc([C@H]2CN(C(=O)NCc3cnn(C)c3)CCO2)n1. The predicted molar refractivity (Wildman–Crippen MR) is 92.1 cm³/mol. The summed E-state index contributed by atoms with van der Waals surface area (Å²) in [6.07, 6.45) is 5.08. The Balaban J connectivity index is 1.60. The average Bonchev–Trinajstić information content (AvgIpc) is 3.05. The van der Waals surface area contributed by atoms with Crippen LogP contribution in [0.3, 0.4) is 0 Å². The molecule has 1 saturated heterocycles. The molecule has 2 aromatic rings. The number of carbonyl (C=O) groups excluding carboxylic acids is 1. The molecule has 3 heterocycles. The number of urea groups is 1. The van der Waals surface area contributed by atoms with E-state index in [1.165, 1.54) is 0 Å². The summed E-state index contributed by atoms with van der Waals surface area (Å²) in [5.74, 6) is 0.624. The van der Waals surface area contributed by atoms with Gasteiger partial charge in [0.05, 0.1) is 25.0 Å². The Morgan fingerprint density at radius 3 is 3.04 bits per heavy atom. The van der Waals surface area contributed by atoms with Gasteiger partial charge in [0.25, 0.3) is 0 Å². The van der Waals surface area contributed by atoms with Crippen LogP contribution in [0, 0.1) is 0 Å². The molecule has 1 fully saturated rings. The average molecular weight is 345 g/mol. The van der Waals surface area contributed by atoms with Gasteiger partial charge in [-0.1, -0.05) is 0 Å². The Hall–Kier alpha value is -2.68. The van der Waals surface area contributed by atoms with Crippen LogP contribution >= 0.6 is 0 Å². The maximum Gasteiger partial charge on any atom is 0.317 e. The molecule has 2 aromatic heterocycles. The largest absolute Gasteiger partial charge is 0.368 e. The first-order chi connectivity index (χ1) is 12.0. The van der Waals surface area contributed by atoms with Crippen molar-refractivity contribution in [3.63, 3.8) is 0 Å². The van der Waals surface area contributed by atoms with Gasteiger partial charge in [0, 0.05) is 52.2 Å². The van der Waals surface area contributed by atoms with Gasteiger partial charge >= 0.3 is 6.03 Å². The lowest BCUT2D eigenvalue weighted by Gasteiger charge is -2.32. The molecule has 134 valence electrons. The first-order valence-corrected chi connectivity index (χ1v) is 8.15. The van der Waals surface area contributed by atoms with E-state index in [0.29, 0.717) is 32.2 Å². The fraction of sp³-hybridized carbons (Fsp3) is 0.500. The van der Waals surface area contributed by atoms with Crippen LogP contribution in [0.2, 0.25) is 0 Å². The smallest absolute Gasteiger partial charge is 0.317 e. The molecule has 9 heteroatoms. The summed E-state index contributed by atoms with van der Waals surface area (Å²) < 4.78 is 7.51. The van der Waals surface area contributed by atoms with Crippen LogP contribution in [0.25, 0.3) is 0 Å². The molecule has 25 heavy (non-hydrogen) atoms. The standard InChI is InChI=1S/C16H23N7O2/c1-21(2)15-17-5-4-13(20-15)14-11-23(6-7-25-14)16(24)18-8-12-9-19-22(3)10-12/h4-5,9-10,14H,6-8,11H2,1-3H3,(H,18,24)/t14-/m1/s1. The lowest BCUT2D eigenvalue weighted by Crippen LogP contribution is -2.47. The summed E-state index contributed by atoms with van der Waals surface area (Å²) in [6.45, 7) is 1.95. The summed E-state index contributed by atoms with van der Waals surface area (Å²) in [7, 11) is 5.62. The number of aryl methyl sites for hydroxylation is 1. The zero-order valence-electron chi connectivity index (χ0n) is 14.7. The molecular weight excluding hydrogens is 322 g/mol. The minimum atomic E-state index is -0.250. The normalized spacial score (nSPS) is 17.4. The van der Waals surface area contributed by atoms with E-state index in [-0.39, 0.29) is 12.1 Å². The number of nitrogens with one attached hydrogen (secondary N) is 1. The van der Waals surface area contributed by atoms with Crippen molar-refractivity contribution in [2.75, 3.05) is 38.7 Å². The lowest BCUT2D eigenvalue weighted by molar-refractivity contribution is -0.0176. The number of rotatable bonds is 4. The first kappa shape index (κ1) is 17.2. The Morgan fingerprint density at radius 2 is 2.32 bits per heavy atom. The van der Waals surface area contributed by atoms with Gasteiger partial charge in [-0.25, -0.2) is 14.8 Å². The van der Waals surface area contributed by atoms with E-state index in [4.69, 9.17) is 4.74 Å². The van der Waals surface area contributed by atoms with Crippen molar-refractivity contribution in [1.82, 2.24) is 30.0 Å². The van der Waals surface area contributed by atoms with E-state index in [1.807, 2.05) is 38.3 Å². The van der Waals surface area contributed by atoms with Gasteiger partial charge in [-0.3, -0.25) is 4.68 Å². The number of carbonyl (C=O) groups is 1. The third kappa shape index (κ3) is 4.24. The Kier molecular flexibility index (Phi) is 5.13. The van der Waals surface area contributed by atoms with Crippen LogP contribution in [0.4, 0.5) is 10.7 Å². The van der Waals surface area contributed by atoms with E-state index in [1.54, 1.807) is 22.0 Å². The molecule has 1 atom stereocenters. The quantitative estimate of drug-likeness (QED) is 0.871. The van der Waals surface area contributed by atoms with Gasteiger partial charge in [-0.2, -0.15) is 5.10 Å². The van der Waals surface area contributed by atoms with Crippen molar-refractivity contribution in [2.45, 2.75) is 12.6 Å². The molecule has 3 rings (SSSR count). The number of morpholine rings is 1. The van der Waals surface area contributed by atoms with Gasteiger partial charge in [-0.05, 0) is 6.07 Å². The predicted octanol–water partition coefficient (Wildman–Crippen LogP) is 0.559. The molecule has 0 aliphatic carbocycles. The number of hydrogen-bond donors (Lipinski definition) is 1. The van der Waals surface area contributed by atoms with Crippen molar-refractivity contribution in [1.29, 1.82) is 0 Å². The third-order valence-corrected chi connectivity index (χ3v) is 3.95. The lowest BCUT2D eigenvalue weighted by atomic mass is 10.2. The molecule has 0 radical (unpaired) electrons. The highest BCUT2D eigenvalue weighted by Crippen LogP contribution is 2.21. The maximum absolute atomic E-state index is 12.4. The number of ether oxygens (including phenoxy) is 1. The molecule has 1 aliphatic rings. The van der Waals surface area contributed by atoms with Crippen molar-refractivity contribution < 1.29 is 9.53 Å². The van der Waals surface area contributed by atoms with E-state index < -0.39 is 0 Å². The molecule has 0 bridgehead atoms. The summed E-state index contributed by atoms with van der Waals surface area (Å²) in [5.41, 5.74) is 1.75. The zero-order chi connectivity index (χ0) is 17.8. The molecule has 0 spiro atoms. The van der Waals surface area contributed by atoms with E-state index in [2.05, 4.69) is 20.4 Å². The van der Waals surface area contributed by atoms with Crippen LogP contribution in [0.5, 0.6) is 0 Å². The number of aromatic nitrogens is 4. The van der Waals surface area contributed by atoms with Crippen LogP contribution in [-0.2, 0) is 18.3 Å². The summed E-state index contributed by atoms with van der Waals surface area (Å²) >= 11 is 0. The van der Waals surface area contributed by atoms with Crippen LogP contribution in [-0.4, -0.2) is 64.5 Å². The highest BCUT2D eigenvalue weighted by Gasteiger charge is 2.26. The topological polar surface area (TPSA) is 88.4 Å². The first-order valence-electron chi connectivity index (χ1n) is 8.15. The summed E-state index contributed by atoms with van der Waals surface area (Å²) in [4.78, 5) is 24.7. The van der Waals surface area contributed by atoms with Crippen molar-refractivity contribution in [3.05, 3.63) is 35.9 Å². The summed E-state index contributed by atoms with van der Waals surface area (Å²) in [6, 6.07) is 1.72. The van der Waals surface area contributed by atoms with Crippen LogP contribution < -0.4 is 10.2 Å². The van der Waals surface area contributed by atoms with Gasteiger partial charge in [-0.15, -0.1) is 0 Å². The minimum Gasteiger partial charge on any atom is -0.368 e. The van der Waals surface area contributed by atoms with Crippen molar-refractivity contribution in [2.24, 2.45) is 7.05 Å². The fourth-order valence-electron chi connectivity index (χ4n) is 2.62. The molecule has 2 amide bonds. The van der Waals surface area contributed by atoms with Crippen LogP contribution in [0.15, 0.2) is 24.7 Å². The molecule has 9 nitrogen and oxygen atoms in total. The molecule has 0 unspecified atom stereocenters. The number of nitrogens with zero attached hydrogens (tertiary/aromatic N) is 6. The molecule has 0 aromatic carbocycles. The minimum absolute atomic E-state index is 0.112. The van der Waals surface area contributed by atoms with Gasteiger partial charge in [0.1, 0.15) is 6.10 Å². The zero-order valence-corrected chi connectivity index (χ0v) is 14.7. The van der Waals surface area contributed by atoms with Crippen molar-refractivity contribution in [3.8, 4) is 0 Å². The van der Waals surface area contributed by atoms with Crippen LogP contribution in [0.1, 0.15) is 17.4 Å². The monoisotopic (exact) mass is 345 g/mol. The van der Waals surface area contributed by atoms with E-state index in [0.717, 1.165) is 11.3 Å². The molecule has 1 aliphatic heterocycles. The molecule has 1 N–H and O–H groups in total. The fourth-order valence-corrected chi connectivity index (χ4v) is 2.62. The number of amides is 2. The highest BCUT2D eigenvalue weighted by atomic mass is 16.5. The molecule has 0 saturated carbocycles. The van der Waals surface area contributed by atoms with Gasteiger partial charge in [0.15, 0.2) is 0 Å². The second kappa shape index (κ2) is 7.47. The maximum atomic E-state index is 12.4. The van der Waals surface area contributed by atoms with E-state index in [9.17, 15) is 4.79 Å². The Labute approximate surface area is 146 Å². The molecular formula is C16H23N7O2. The number of hydrogen-bond acceptors (Lipinski definition) is 6. The Bertz CT molecular complexity index is 731.